The molecule has 0 amide bonds. The van der Waals surface area contributed by atoms with Gasteiger partial charge in [-0.25, -0.2) is 9.97 Å². The SMILES string of the molecule is Nc1ncnc2c1c(Br)cn2[C@H]1C[C@@H](OCc2ccccc2)C1. The van der Waals surface area contributed by atoms with Gasteiger partial charge in [0, 0.05) is 16.7 Å². The first kappa shape index (κ1) is 14.7. The van der Waals surface area contributed by atoms with E-state index >= 15 is 0 Å². The van der Waals surface area contributed by atoms with Crippen LogP contribution in [0.15, 0.2) is 47.3 Å². The zero-order valence-corrected chi connectivity index (χ0v) is 14.1. The standard InChI is InChI=1S/C17H17BrN4O/c18-14-8-22(17-15(14)16(19)20-10-21-17)12-6-13(7-12)23-9-11-4-2-1-3-5-11/h1-5,8,10,12-13H,6-7,9H2,(H2,19,20,21)/t12-,13+. The van der Waals surface area contributed by atoms with Crippen molar-refractivity contribution in [3.05, 3.63) is 52.9 Å². The summed E-state index contributed by atoms with van der Waals surface area (Å²) in [5, 5.41) is 0.890. The molecular formula is C17H17BrN4O. The fraction of sp³-hybridized carbons (Fsp3) is 0.294. The number of hydrogen-bond acceptors (Lipinski definition) is 4. The normalized spacial score (nSPS) is 20.6. The predicted molar refractivity (Wildman–Crippen MR) is 92.9 cm³/mol. The second-order valence-corrected chi connectivity index (χ2v) is 6.74. The number of hydrogen-bond donors (Lipinski definition) is 1. The minimum atomic E-state index is 0.301. The van der Waals surface area contributed by atoms with E-state index in [2.05, 4.69) is 42.6 Å². The van der Waals surface area contributed by atoms with Crippen LogP contribution in [0.3, 0.4) is 0 Å². The molecule has 118 valence electrons. The number of nitrogen functional groups attached to an aromatic ring is 1. The summed E-state index contributed by atoms with van der Waals surface area (Å²) in [6.45, 7) is 0.670. The van der Waals surface area contributed by atoms with Gasteiger partial charge in [0.05, 0.1) is 18.1 Å². The molecule has 5 nitrogen and oxygen atoms in total. The van der Waals surface area contributed by atoms with Crippen LogP contribution in [0.25, 0.3) is 11.0 Å². The maximum absolute atomic E-state index is 5.98. The zero-order chi connectivity index (χ0) is 15.8. The van der Waals surface area contributed by atoms with Gasteiger partial charge in [0.1, 0.15) is 17.8 Å². The molecule has 2 aromatic heterocycles. The molecule has 1 aliphatic rings. The van der Waals surface area contributed by atoms with Crippen molar-refractivity contribution < 1.29 is 4.74 Å². The second kappa shape index (κ2) is 5.94. The summed E-state index contributed by atoms with van der Waals surface area (Å²) < 4.78 is 9.10. The minimum Gasteiger partial charge on any atom is -0.383 e. The number of ether oxygens (including phenoxy) is 1. The lowest BCUT2D eigenvalue weighted by atomic mass is 9.89. The Hall–Kier alpha value is -1.92. The Morgan fingerprint density at radius 1 is 1.22 bits per heavy atom. The second-order valence-electron chi connectivity index (χ2n) is 5.89. The molecule has 0 atom stereocenters. The van der Waals surface area contributed by atoms with Crippen molar-refractivity contribution in [2.24, 2.45) is 0 Å². The first-order valence-electron chi connectivity index (χ1n) is 7.64. The van der Waals surface area contributed by atoms with Gasteiger partial charge in [-0.2, -0.15) is 0 Å². The summed E-state index contributed by atoms with van der Waals surface area (Å²) in [4.78, 5) is 8.45. The molecule has 0 bridgehead atoms. The van der Waals surface area contributed by atoms with Crippen LogP contribution in [-0.4, -0.2) is 20.6 Å². The number of rotatable bonds is 4. The minimum absolute atomic E-state index is 0.301. The Bertz CT molecular complexity index is 827. The molecule has 0 unspecified atom stereocenters. The lowest BCUT2D eigenvalue weighted by Crippen LogP contribution is -2.33. The maximum Gasteiger partial charge on any atom is 0.146 e. The van der Waals surface area contributed by atoms with E-state index in [9.17, 15) is 0 Å². The Balaban J connectivity index is 1.43. The summed E-state index contributed by atoms with van der Waals surface area (Å²) in [5.74, 6) is 0.511. The van der Waals surface area contributed by atoms with Crippen molar-refractivity contribution in [2.75, 3.05) is 5.73 Å². The van der Waals surface area contributed by atoms with Gasteiger partial charge >= 0.3 is 0 Å². The summed E-state index contributed by atoms with van der Waals surface area (Å²) in [5.41, 5.74) is 8.05. The van der Waals surface area contributed by atoms with Gasteiger partial charge in [0.2, 0.25) is 0 Å². The molecule has 3 aromatic rings. The van der Waals surface area contributed by atoms with Crippen LogP contribution >= 0.6 is 15.9 Å². The van der Waals surface area contributed by atoms with Crippen LogP contribution in [0.5, 0.6) is 0 Å². The van der Waals surface area contributed by atoms with E-state index in [0.29, 0.717) is 24.6 Å². The molecule has 2 N–H and O–H groups in total. The van der Waals surface area contributed by atoms with Gasteiger partial charge in [0.15, 0.2) is 0 Å². The Labute approximate surface area is 142 Å². The summed E-state index contributed by atoms with van der Waals surface area (Å²) in [7, 11) is 0. The fourth-order valence-corrected chi connectivity index (χ4v) is 3.63. The fourth-order valence-electron chi connectivity index (χ4n) is 3.03. The molecule has 0 saturated heterocycles. The highest BCUT2D eigenvalue weighted by Gasteiger charge is 2.32. The number of nitrogens with zero attached hydrogens (tertiary/aromatic N) is 3. The van der Waals surface area contributed by atoms with Crippen LogP contribution in [-0.2, 0) is 11.3 Å². The van der Waals surface area contributed by atoms with E-state index in [-0.39, 0.29) is 0 Å². The molecule has 0 aliphatic heterocycles. The van der Waals surface area contributed by atoms with Crippen LogP contribution in [0.1, 0.15) is 24.4 Å². The van der Waals surface area contributed by atoms with Crippen LogP contribution in [0.2, 0.25) is 0 Å². The molecule has 1 aliphatic carbocycles. The van der Waals surface area contributed by atoms with E-state index in [1.165, 1.54) is 11.9 Å². The first-order valence-corrected chi connectivity index (χ1v) is 8.43. The Morgan fingerprint density at radius 2 is 2.00 bits per heavy atom. The third-order valence-corrected chi connectivity index (χ3v) is 4.99. The maximum atomic E-state index is 5.98. The predicted octanol–water partition coefficient (Wildman–Crippen LogP) is 3.70. The average molecular weight is 373 g/mol. The number of nitrogens with two attached hydrogens (primary N) is 1. The van der Waals surface area contributed by atoms with Crippen LogP contribution in [0, 0.1) is 0 Å². The lowest BCUT2D eigenvalue weighted by Gasteiger charge is -2.36. The summed E-state index contributed by atoms with van der Waals surface area (Å²) in [6, 6.07) is 10.7. The van der Waals surface area contributed by atoms with Gasteiger partial charge < -0.3 is 15.0 Å². The van der Waals surface area contributed by atoms with Crippen LogP contribution < -0.4 is 5.73 Å². The molecule has 1 fully saturated rings. The number of fused-ring (bicyclic) bond motifs is 1. The van der Waals surface area contributed by atoms with E-state index in [1.807, 2.05) is 24.4 Å². The van der Waals surface area contributed by atoms with Gasteiger partial charge in [0.25, 0.3) is 0 Å². The monoisotopic (exact) mass is 372 g/mol. The molecule has 1 saturated carbocycles. The largest absolute Gasteiger partial charge is 0.383 e. The number of aromatic nitrogens is 3. The van der Waals surface area contributed by atoms with Gasteiger partial charge in [-0.3, -0.25) is 0 Å². The van der Waals surface area contributed by atoms with Gasteiger partial charge in [-0.15, -0.1) is 0 Å². The molecule has 23 heavy (non-hydrogen) atoms. The van der Waals surface area contributed by atoms with Crippen LogP contribution in [0.4, 0.5) is 5.82 Å². The molecule has 4 rings (SSSR count). The number of benzene rings is 1. The number of halogens is 1. The quantitative estimate of drug-likeness (QED) is 0.758. The zero-order valence-electron chi connectivity index (χ0n) is 12.5. The Morgan fingerprint density at radius 3 is 2.78 bits per heavy atom. The number of anilines is 1. The van der Waals surface area contributed by atoms with Gasteiger partial charge in [-0.05, 0) is 34.3 Å². The summed E-state index contributed by atoms with van der Waals surface area (Å²) >= 11 is 3.55. The third-order valence-electron chi connectivity index (χ3n) is 4.38. The molecule has 0 spiro atoms. The molecule has 0 radical (unpaired) electrons. The van der Waals surface area contributed by atoms with Crippen molar-refractivity contribution in [1.29, 1.82) is 0 Å². The van der Waals surface area contributed by atoms with E-state index < -0.39 is 0 Å². The van der Waals surface area contributed by atoms with Crippen molar-refractivity contribution in [2.45, 2.75) is 31.6 Å². The highest BCUT2D eigenvalue weighted by Crippen LogP contribution is 2.39. The highest BCUT2D eigenvalue weighted by atomic mass is 79.9. The van der Waals surface area contributed by atoms with Crippen molar-refractivity contribution in [3.63, 3.8) is 0 Å². The average Bonchev–Trinajstić information content (AvgIpc) is 2.85. The van der Waals surface area contributed by atoms with Crippen molar-refractivity contribution in [1.82, 2.24) is 14.5 Å². The summed E-state index contributed by atoms with van der Waals surface area (Å²) in [6.07, 6.45) is 5.85. The van der Waals surface area contributed by atoms with Crippen molar-refractivity contribution in [3.8, 4) is 0 Å². The van der Waals surface area contributed by atoms with E-state index in [4.69, 9.17) is 10.5 Å². The highest BCUT2D eigenvalue weighted by molar-refractivity contribution is 9.10. The molecular weight excluding hydrogens is 356 g/mol. The van der Waals surface area contributed by atoms with Crippen molar-refractivity contribution >= 4 is 32.8 Å². The smallest absolute Gasteiger partial charge is 0.146 e. The Kier molecular flexibility index (Phi) is 3.79. The van der Waals surface area contributed by atoms with Gasteiger partial charge in [-0.1, -0.05) is 30.3 Å². The first-order chi connectivity index (χ1) is 11.2. The third kappa shape index (κ3) is 2.72. The topological polar surface area (TPSA) is 66.0 Å². The molecule has 2 heterocycles. The molecule has 6 heteroatoms. The molecule has 1 aromatic carbocycles. The van der Waals surface area contributed by atoms with E-state index in [0.717, 1.165) is 28.3 Å². The van der Waals surface area contributed by atoms with E-state index in [1.54, 1.807) is 0 Å². The lowest BCUT2D eigenvalue weighted by molar-refractivity contribution is -0.0348.